The highest BCUT2D eigenvalue weighted by atomic mass is 14.8. The molecule has 0 aromatic rings. The van der Waals surface area contributed by atoms with Gasteiger partial charge in [-0.2, -0.15) is 0 Å². The second-order valence-corrected chi connectivity index (χ2v) is 2.22. The number of nitrogens with zero attached hydrogens (tertiary/aromatic N) is 1. The maximum absolute atomic E-state index is 5.47. The highest BCUT2D eigenvalue weighted by Gasteiger charge is 1.85. The van der Waals surface area contributed by atoms with E-state index in [1.54, 1.807) is 0 Å². The second-order valence-electron chi connectivity index (χ2n) is 2.22. The summed E-state index contributed by atoms with van der Waals surface area (Å²) in [4.78, 5) is 4.12. The van der Waals surface area contributed by atoms with Crippen LogP contribution in [0.15, 0.2) is 4.99 Å². The molecule has 3 heteroatoms. The molecule has 0 aromatic heterocycles. The van der Waals surface area contributed by atoms with Gasteiger partial charge in [-0.25, -0.2) is 0 Å². The Labute approximate surface area is 62.5 Å². The summed E-state index contributed by atoms with van der Waals surface area (Å²) in [6.07, 6.45) is 2.94. The Morgan fingerprint density at radius 2 is 2.10 bits per heavy atom. The second kappa shape index (κ2) is 6.55. The minimum Gasteiger partial charge on any atom is -0.387 e. The SMILES string of the molecule is CCC(N)=NCCCCN. The summed E-state index contributed by atoms with van der Waals surface area (Å²) in [5.74, 6) is 0.747. The first-order valence-electron chi connectivity index (χ1n) is 3.80. The van der Waals surface area contributed by atoms with E-state index in [2.05, 4.69) is 4.99 Å². The van der Waals surface area contributed by atoms with Crippen LogP contribution in [-0.2, 0) is 0 Å². The molecule has 0 heterocycles. The molecule has 0 saturated heterocycles. The normalized spacial score (nSPS) is 12.0. The number of nitrogens with two attached hydrogens (primary N) is 2. The molecule has 0 aliphatic rings. The molecule has 0 radical (unpaired) electrons. The summed E-state index contributed by atoms with van der Waals surface area (Å²) in [6.45, 7) is 3.58. The monoisotopic (exact) mass is 143 g/mol. The molecule has 0 saturated carbocycles. The van der Waals surface area contributed by atoms with Gasteiger partial charge >= 0.3 is 0 Å². The number of hydrogen-bond acceptors (Lipinski definition) is 2. The van der Waals surface area contributed by atoms with Crippen molar-refractivity contribution >= 4 is 5.84 Å². The Balaban J connectivity index is 3.16. The standard InChI is InChI=1S/C7H17N3/c1-2-7(9)10-6-4-3-5-8/h2-6,8H2,1H3,(H2,9,10). The van der Waals surface area contributed by atoms with Crippen molar-refractivity contribution in [2.24, 2.45) is 16.5 Å². The Morgan fingerprint density at radius 1 is 1.40 bits per heavy atom. The van der Waals surface area contributed by atoms with Crippen LogP contribution in [0.3, 0.4) is 0 Å². The van der Waals surface area contributed by atoms with Gasteiger partial charge < -0.3 is 11.5 Å². The zero-order valence-corrected chi connectivity index (χ0v) is 6.64. The maximum atomic E-state index is 5.47. The lowest BCUT2D eigenvalue weighted by molar-refractivity contribution is 0.754. The van der Waals surface area contributed by atoms with Crippen molar-refractivity contribution in [2.45, 2.75) is 26.2 Å². The van der Waals surface area contributed by atoms with Crippen molar-refractivity contribution in [1.29, 1.82) is 0 Å². The highest BCUT2D eigenvalue weighted by molar-refractivity contribution is 5.79. The van der Waals surface area contributed by atoms with Crippen molar-refractivity contribution in [3.05, 3.63) is 0 Å². The van der Waals surface area contributed by atoms with E-state index in [1.807, 2.05) is 6.92 Å². The smallest absolute Gasteiger partial charge is 0.0934 e. The van der Waals surface area contributed by atoms with Gasteiger partial charge in [0.25, 0.3) is 0 Å². The molecule has 0 bridgehead atoms. The van der Waals surface area contributed by atoms with E-state index >= 15 is 0 Å². The Hall–Kier alpha value is -0.570. The zero-order valence-electron chi connectivity index (χ0n) is 6.64. The van der Waals surface area contributed by atoms with Crippen molar-refractivity contribution in [1.82, 2.24) is 0 Å². The van der Waals surface area contributed by atoms with E-state index in [0.717, 1.165) is 38.2 Å². The van der Waals surface area contributed by atoms with E-state index in [4.69, 9.17) is 11.5 Å². The molecule has 0 fully saturated rings. The third-order valence-corrected chi connectivity index (χ3v) is 1.29. The molecule has 0 aliphatic carbocycles. The minimum atomic E-state index is 0.747. The van der Waals surface area contributed by atoms with Gasteiger partial charge in [0.1, 0.15) is 0 Å². The molecule has 0 atom stereocenters. The molecule has 0 unspecified atom stereocenters. The largest absolute Gasteiger partial charge is 0.387 e. The highest BCUT2D eigenvalue weighted by Crippen LogP contribution is 1.87. The minimum absolute atomic E-state index is 0.747. The summed E-state index contributed by atoms with van der Waals surface area (Å²) in [5.41, 5.74) is 10.8. The number of hydrogen-bond donors (Lipinski definition) is 2. The van der Waals surface area contributed by atoms with Crippen LogP contribution in [0.4, 0.5) is 0 Å². The van der Waals surface area contributed by atoms with Crippen LogP contribution in [0.25, 0.3) is 0 Å². The van der Waals surface area contributed by atoms with Crippen LogP contribution < -0.4 is 11.5 Å². The first-order valence-corrected chi connectivity index (χ1v) is 3.80. The molecular weight excluding hydrogens is 126 g/mol. The fourth-order valence-electron chi connectivity index (χ4n) is 0.591. The lowest BCUT2D eigenvalue weighted by Gasteiger charge is -1.95. The summed E-state index contributed by atoms with van der Waals surface area (Å²) >= 11 is 0. The van der Waals surface area contributed by atoms with Gasteiger partial charge in [-0.1, -0.05) is 6.92 Å². The van der Waals surface area contributed by atoms with Crippen molar-refractivity contribution in [3.63, 3.8) is 0 Å². The quantitative estimate of drug-likeness (QED) is 0.334. The molecule has 0 aliphatic heterocycles. The Morgan fingerprint density at radius 3 is 2.60 bits per heavy atom. The molecule has 3 nitrogen and oxygen atoms in total. The van der Waals surface area contributed by atoms with Gasteiger partial charge in [0.2, 0.25) is 0 Å². The summed E-state index contributed by atoms with van der Waals surface area (Å²) in [6, 6.07) is 0. The van der Waals surface area contributed by atoms with Crippen LogP contribution in [0.1, 0.15) is 26.2 Å². The summed E-state index contributed by atoms with van der Waals surface area (Å²) in [7, 11) is 0. The van der Waals surface area contributed by atoms with Gasteiger partial charge in [-0.15, -0.1) is 0 Å². The molecule has 0 aromatic carbocycles. The van der Waals surface area contributed by atoms with Gasteiger partial charge in [0.05, 0.1) is 5.84 Å². The van der Waals surface area contributed by atoms with Crippen LogP contribution >= 0.6 is 0 Å². The molecule has 4 N–H and O–H groups in total. The van der Waals surface area contributed by atoms with Crippen molar-refractivity contribution < 1.29 is 0 Å². The fourth-order valence-corrected chi connectivity index (χ4v) is 0.591. The van der Waals surface area contributed by atoms with Crippen LogP contribution in [0.2, 0.25) is 0 Å². The Kier molecular flexibility index (Phi) is 6.18. The summed E-state index contributed by atoms with van der Waals surface area (Å²) < 4.78 is 0. The van der Waals surface area contributed by atoms with Crippen molar-refractivity contribution in [2.75, 3.05) is 13.1 Å². The first-order chi connectivity index (χ1) is 4.81. The van der Waals surface area contributed by atoms with Crippen molar-refractivity contribution in [3.8, 4) is 0 Å². The van der Waals surface area contributed by atoms with Gasteiger partial charge in [0.15, 0.2) is 0 Å². The predicted octanol–water partition coefficient (Wildman–Crippen LogP) is 0.493. The number of aliphatic imine (C=N–C) groups is 1. The molecule has 0 amide bonds. The van der Waals surface area contributed by atoms with E-state index in [0.29, 0.717) is 0 Å². The van der Waals surface area contributed by atoms with Gasteiger partial charge in [0, 0.05) is 13.0 Å². The third kappa shape index (κ3) is 5.56. The third-order valence-electron chi connectivity index (χ3n) is 1.29. The average molecular weight is 143 g/mol. The number of rotatable bonds is 5. The predicted molar refractivity (Wildman–Crippen MR) is 45.1 cm³/mol. The molecular formula is C7H17N3. The average Bonchev–Trinajstić information content (AvgIpc) is 1.98. The number of amidine groups is 1. The first kappa shape index (κ1) is 9.43. The summed E-state index contributed by atoms with van der Waals surface area (Å²) in [5, 5.41) is 0. The lowest BCUT2D eigenvalue weighted by Crippen LogP contribution is -2.10. The van der Waals surface area contributed by atoms with E-state index in [9.17, 15) is 0 Å². The van der Waals surface area contributed by atoms with E-state index in [-0.39, 0.29) is 0 Å². The topological polar surface area (TPSA) is 64.4 Å². The van der Waals surface area contributed by atoms with E-state index in [1.165, 1.54) is 0 Å². The maximum Gasteiger partial charge on any atom is 0.0934 e. The number of unbranched alkanes of at least 4 members (excludes halogenated alkanes) is 1. The van der Waals surface area contributed by atoms with Gasteiger partial charge in [-0.05, 0) is 19.4 Å². The molecule has 0 spiro atoms. The molecule has 60 valence electrons. The Bertz CT molecular complexity index is 99.0. The fraction of sp³-hybridized carbons (Fsp3) is 0.857. The molecule has 10 heavy (non-hydrogen) atoms. The van der Waals surface area contributed by atoms with Crippen LogP contribution in [0.5, 0.6) is 0 Å². The molecule has 0 rings (SSSR count). The van der Waals surface area contributed by atoms with E-state index < -0.39 is 0 Å². The van der Waals surface area contributed by atoms with Crippen LogP contribution in [0, 0.1) is 0 Å². The van der Waals surface area contributed by atoms with Crippen LogP contribution in [-0.4, -0.2) is 18.9 Å². The van der Waals surface area contributed by atoms with Gasteiger partial charge in [-0.3, -0.25) is 4.99 Å². The zero-order chi connectivity index (χ0) is 7.82. The lowest BCUT2D eigenvalue weighted by atomic mass is 10.3.